The molecule has 0 aliphatic carbocycles. The van der Waals surface area contributed by atoms with E-state index in [1.54, 1.807) is 31.4 Å². The van der Waals surface area contributed by atoms with Crippen LogP contribution in [0.2, 0.25) is 0 Å². The largest absolute Gasteiger partial charge is 0.497 e. The van der Waals surface area contributed by atoms with Crippen LogP contribution >= 0.6 is 0 Å². The van der Waals surface area contributed by atoms with Gasteiger partial charge in [-0.2, -0.15) is 0 Å². The minimum atomic E-state index is -3.59. The summed E-state index contributed by atoms with van der Waals surface area (Å²) in [6, 6.07) is 19.2. The third-order valence-electron chi connectivity index (χ3n) is 5.02. The fourth-order valence-corrected chi connectivity index (χ4v) is 4.08. The van der Waals surface area contributed by atoms with Gasteiger partial charge < -0.3 is 10.1 Å². The maximum absolute atomic E-state index is 13.2. The van der Waals surface area contributed by atoms with Gasteiger partial charge in [0, 0.05) is 5.56 Å². The molecular weight excluding hydrogens is 431 g/mol. The zero-order chi connectivity index (χ0) is 23.3. The molecule has 3 rings (SSSR count). The number of methoxy groups -OCH3 is 1. The van der Waals surface area contributed by atoms with Gasteiger partial charge in [0.2, 0.25) is 10.0 Å². The summed E-state index contributed by atoms with van der Waals surface area (Å²) in [5.41, 5.74) is 2.39. The number of carbonyl (C=O) groups excluding carboxylic acids is 1. The minimum Gasteiger partial charge on any atom is -0.497 e. The maximum atomic E-state index is 13.2. The van der Waals surface area contributed by atoms with Crippen molar-refractivity contribution in [3.05, 3.63) is 95.3 Å². The van der Waals surface area contributed by atoms with Crippen LogP contribution in [0.3, 0.4) is 0 Å². The first kappa shape index (κ1) is 23.3. The van der Waals surface area contributed by atoms with Crippen molar-refractivity contribution >= 4 is 21.6 Å². The van der Waals surface area contributed by atoms with Gasteiger partial charge in [0.1, 0.15) is 11.6 Å². The molecule has 3 aromatic carbocycles. The van der Waals surface area contributed by atoms with Gasteiger partial charge in [-0.15, -0.1) is 0 Å². The minimum absolute atomic E-state index is 0.0547. The highest BCUT2D eigenvalue weighted by Gasteiger charge is 2.19. The van der Waals surface area contributed by atoms with Crippen LogP contribution in [0.4, 0.5) is 10.1 Å². The summed E-state index contributed by atoms with van der Waals surface area (Å²) in [7, 11) is -2.00. The smallest absolute Gasteiger partial charge is 0.251 e. The Morgan fingerprint density at radius 3 is 2.12 bits per heavy atom. The third-order valence-corrected chi connectivity index (χ3v) is 6.16. The molecule has 0 radical (unpaired) electrons. The summed E-state index contributed by atoms with van der Waals surface area (Å²) in [5.74, 6) is 0.0714. The second-order valence-corrected chi connectivity index (χ2v) is 9.32. The van der Waals surface area contributed by atoms with Crippen LogP contribution in [-0.2, 0) is 16.6 Å². The molecule has 1 atom stereocenters. The lowest BCUT2D eigenvalue weighted by Gasteiger charge is -2.23. The summed E-state index contributed by atoms with van der Waals surface area (Å²) >= 11 is 0. The number of halogens is 1. The van der Waals surface area contributed by atoms with Crippen LogP contribution in [-0.4, -0.2) is 27.7 Å². The molecule has 0 fully saturated rings. The highest BCUT2D eigenvalue weighted by atomic mass is 32.2. The van der Waals surface area contributed by atoms with Crippen molar-refractivity contribution in [1.29, 1.82) is 0 Å². The lowest BCUT2D eigenvalue weighted by Crippen LogP contribution is -2.29. The molecule has 0 spiro atoms. The average molecular weight is 457 g/mol. The van der Waals surface area contributed by atoms with Crippen molar-refractivity contribution in [2.75, 3.05) is 17.7 Å². The van der Waals surface area contributed by atoms with Gasteiger partial charge in [-0.1, -0.05) is 24.3 Å². The van der Waals surface area contributed by atoms with Crippen molar-refractivity contribution in [3.63, 3.8) is 0 Å². The van der Waals surface area contributed by atoms with Crippen LogP contribution in [0.5, 0.6) is 5.75 Å². The van der Waals surface area contributed by atoms with Crippen LogP contribution in [0.15, 0.2) is 72.8 Å². The second kappa shape index (κ2) is 9.82. The Kier molecular flexibility index (Phi) is 7.15. The number of carbonyl (C=O) groups is 1. The van der Waals surface area contributed by atoms with Gasteiger partial charge in [-0.3, -0.25) is 9.10 Å². The van der Waals surface area contributed by atoms with E-state index in [2.05, 4.69) is 5.32 Å². The SMILES string of the molecule is COc1ccc([C@H](C)NC(=O)c2ccc(N(Cc3ccc(F)cc3)S(C)(=O)=O)cc2)cc1. The van der Waals surface area contributed by atoms with Crippen LogP contribution in [0, 0.1) is 5.82 Å². The molecule has 0 unspecified atom stereocenters. The van der Waals surface area contributed by atoms with Crippen LogP contribution < -0.4 is 14.4 Å². The average Bonchev–Trinajstić information content (AvgIpc) is 2.78. The van der Waals surface area contributed by atoms with E-state index in [1.807, 2.05) is 31.2 Å². The van der Waals surface area contributed by atoms with Gasteiger partial charge in [0.15, 0.2) is 0 Å². The lowest BCUT2D eigenvalue weighted by molar-refractivity contribution is 0.0940. The predicted molar refractivity (Wildman–Crippen MR) is 123 cm³/mol. The van der Waals surface area contributed by atoms with E-state index in [4.69, 9.17) is 4.74 Å². The topological polar surface area (TPSA) is 75.7 Å². The Balaban J connectivity index is 1.73. The highest BCUT2D eigenvalue weighted by Crippen LogP contribution is 2.22. The molecule has 0 bridgehead atoms. The standard InChI is InChI=1S/C24H25FN2O4S/c1-17(19-8-14-23(31-2)15-9-19)26-24(28)20-6-12-22(13-7-20)27(32(3,29)30)16-18-4-10-21(25)11-5-18/h4-15,17H,16H2,1-3H3,(H,26,28)/t17-/m0/s1. The molecule has 1 amide bonds. The zero-order valence-electron chi connectivity index (χ0n) is 18.1. The van der Waals surface area contributed by atoms with Crippen molar-refractivity contribution in [2.45, 2.75) is 19.5 Å². The molecule has 0 aromatic heterocycles. The molecule has 168 valence electrons. The van der Waals surface area contributed by atoms with E-state index >= 15 is 0 Å². The van der Waals surface area contributed by atoms with Crippen molar-refractivity contribution in [1.82, 2.24) is 5.32 Å². The Bertz CT molecular complexity index is 1160. The Morgan fingerprint density at radius 2 is 1.59 bits per heavy atom. The summed E-state index contributed by atoms with van der Waals surface area (Å²) in [5, 5.41) is 2.93. The predicted octanol–water partition coefficient (Wildman–Crippen LogP) is 4.29. The van der Waals surface area contributed by atoms with E-state index in [1.165, 1.54) is 28.6 Å². The van der Waals surface area contributed by atoms with E-state index in [9.17, 15) is 17.6 Å². The first-order chi connectivity index (χ1) is 15.2. The highest BCUT2D eigenvalue weighted by molar-refractivity contribution is 7.92. The molecular formula is C24H25FN2O4S. The van der Waals surface area contributed by atoms with Crippen molar-refractivity contribution in [2.24, 2.45) is 0 Å². The summed E-state index contributed by atoms with van der Waals surface area (Å²) in [6.07, 6.45) is 1.10. The Morgan fingerprint density at radius 1 is 1.00 bits per heavy atom. The number of rotatable bonds is 8. The molecule has 3 aromatic rings. The van der Waals surface area contributed by atoms with Gasteiger partial charge >= 0.3 is 0 Å². The monoisotopic (exact) mass is 456 g/mol. The van der Waals surface area contributed by atoms with Crippen molar-refractivity contribution in [3.8, 4) is 5.75 Å². The number of nitrogens with one attached hydrogen (secondary N) is 1. The third kappa shape index (κ3) is 5.85. The maximum Gasteiger partial charge on any atom is 0.251 e. The molecule has 8 heteroatoms. The number of hydrogen-bond donors (Lipinski definition) is 1. The number of anilines is 1. The van der Waals surface area contributed by atoms with E-state index in [0.29, 0.717) is 16.8 Å². The molecule has 6 nitrogen and oxygen atoms in total. The fraction of sp³-hybridized carbons (Fsp3) is 0.208. The van der Waals surface area contributed by atoms with E-state index < -0.39 is 10.0 Å². The van der Waals surface area contributed by atoms with Crippen LogP contribution in [0.1, 0.15) is 34.5 Å². The Hall–Kier alpha value is -3.39. The number of nitrogens with zero attached hydrogens (tertiary/aromatic N) is 1. The number of amides is 1. The van der Waals surface area contributed by atoms with Gasteiger partial charge in [-0.25, -0.2) is 12.8 Å². The van der Waals surface area contributed by atoms with Crippen molar-refractivity contribution < 1.29 is 22.3 Å². The van der Waals surface area contributed by atoms with E-state index in [0.717, 1.165) is 17.6 Å². The number of ether oxygens (including phenoxy) is 1. The van der Waals surface area contributed by atoms with Gasteiger partial charge in [0.25, 0.3) is 5.91 Å². The summed E-state index contributed by atoms with van der Waals surface area (Å²) in [6.45, 7) is 1.93. The quantitative estimate of drug-likeness (QED) is 0.549. The molecule has 1 N–H and O–H groups in total. The first-order valence-corrected chi connectivity index (χ1v) is 11.8. The molecule has 32 heavy (non-hydrogen) atoms. The second-order valence-electron chi connectivity index (χ2n) is 7.41. The summed E-state index contributed by atoms with van der Waals surface area (Å²) < 4.78 is 44.2. The zero-order valence-corrected chi connectivity index (χ0v) is 18.9. The number of sulfonamides is 1. The summed E-state index contributed by atoms with van der Waals surface area (Å²) in [4.78, 5) is 12.6. The van der Waals surface area contributed by atoms with Gasteiger partial charge in [0.05, 0.1) is 31.6 Å². The molecule has 0 heterocycles. The lowest BCUT2D eigenvalue weighted by atomic mass is 10.1. The number of hydrogen-bond acceptors (Lipinski definition) is 4. The Labute approximate surface area is 187 Å². The molecule has 0 saturated carbocycles. The molecule has 0 aliphatic rings. The fourth-order valence-electron chi connectivity index (χ4n) is 3.19. The molecule has 0 aliphatic heterocycles. The molecule has 0 saturated heterocycles. The normalized spacial score (nSPS) is 12.1. The van der Waals surface area contributed by atoms with Crippen LogP contribution in [0.25, 0.3) is 0 Å². The first-order valence-electron chi connectivity index (χ1n) is 9.94. The van der Waals surface area contributed by atoms with Gasteiger partial charge in [-0.05, 0) is 66.6 Å². The van der Waals surface area contributed by atoms with E-state index in [-0.39, 0.29) is 24.3 Å². The number of benzene rings is 3.